The molecule has 0 aliphatic heterocycles. The molecule has 0 saturated carbocycles. The van der Waals surface area contributed by atoms with Gasteiger partial charge >= 0.3 is 0 Å². The van der Waals surface area contributed by atoms with Crippen molar-refractivity contribution >= 4 is 5.91 Å². The predicted molar refractivity (Wildman–Crippen MR) is 76.8 cm³/mol. The molecule has 0 aromatic heterocycles. The average molecular weight is 272 g/mol. The maximum absolute atomic E-state index is 13.4. The van der Waals surface area contributed by atoms with Crippen molar-refractivity contribution in [2.45, 2.75) is 13.0 Å². The highest BCUT2D eigenvalue weighted by Gasteiger charge is 2.05. The maximum Gasteiger partial charge on any atom is 0.251 e. The molecule has 104 valence electrons. The molecule has 0 bridgehead atoms. The third-order valence-electron chi connectivity index (χ3n) is 3.09. The van der Waals surface area contributed by atoms with Crippen LogP contribution in [0.3, 0.4) is 0 Å². The van der Waals surface area contributed by atoms with Crippen molar-refractivity contribution < 1.29 is 9.18 Å². The zero-order valence-electron chi connectivity index (χ0n) is 11.1. The molecular formula is C16H17FN2O. The molecule has 1 amide bonds. The highest BCUT2D eigenvalue weighted by Crippen LogP contribution is 2.07. The molecule has 0 saturated heterocycles. The summed E-state index contributed by atoms with van der Waals surface area (Å²) in [6, 6.07) is 13.7. The Hall–Kier alpha value is -2.20. The second kappa shape index (κ2) is 6.82. The van der Waals surface area contributed by atoms with Crippen LogP contribution in [0.25, 0.3) is 0 Å². The highest BCUT2D eigenvalue weighted by atomic mass is 19.1. The Bertz CT molecular complexity index is 581. The van der Waals surface area contributed by atoms with E-state index in [2.05, 4.69) is 5.32 Å². The lowest BCUT2D eigenvalue weighted by molar-refractivity contribution is 0.0954. The minimum Gasteiger partial charge on any atom is -0.352 e. The zero-order chi connectivity index (χ0) is 14.4. The molecule has 0 aliphatic rings. The average Bonchev–Trinajstić information content (AvgIpc) is 2.49. The van der Waals surface area contributed by atoms with Crippen LogP contribution in [0.2, 0.25) is 0 Å². The Kier molecular flexibility index (Phi) is 4.85. The largest absolute Gasteiger partial charge is 0.352 e. The molecule has 0 unspecified atom stereocenters. The number of carbonyl (C=O) groups excluding carboxylic acids is 1. The van der Waals surface area contributed by atoms with E-state index < -0.39 is 0 Å². The van der Waals surface area contributed by atoms with Crippen LogP contribution in [0, 0.1) is 5.82 Å². The van der Waals surface area contributed by atoms with Crippen molar-refractivity contribution in [3.05, 3.63) is 71.0 Å². The van der Waals surface area contributed by atoms with E-state index in [0.717, 1.165) is 5.56 Å². The maximum atomic E-state index is 13.4. The van der Waals surface area contributed by atoms with Crippen LogP contribution in [0.1, 0.15) is 21.5 Å². The van der Waals surface area contributed by atoms with Crippen LogP contribution in [-0.4, -0.2) is 12.5 Å². The van der Waals surface area contributed by atoms with Gasteiger partial charge in [-0.05, 0) is 35.7 Å². The standard InChI is InChI=1S/C16H17FN2O/c17-15-4-2-1-3-13(15)9-10-19-16(20)14-7-5-12(11-18)6-8-14/h1-8H,9-11,18H2,(H,19,20). The first-order chi connectivity index (χ1) is 9.70. The van der Waals surface area contributed by atoms with Gasteiger partial charge in [0.2, 0.25) is 0 Å². The van der Waals surface area contributed by atoms with E-state index >= 15 is 0 Å². The summed E-state index contributed by atoms with van der Waals surface area (Å²) in [5.74, 6) is -0.404. The van der Waals surface area contributed by atoms with E-state index in [1.165, 1.54) is 6.07 Å². The number of nitrogens with two attached hydrogens (primary N) is 1. The van der Waals surface area contributed by atoms with Crippen molar-refractivity contribution in [2.24, 2.45) is 5.73 Å². The van der Waals surface area contributed by atoms with Gasteiger partial charge in [0.15, 0.2) is 0 Å². The summed E-state index contributed by atoms with van der Waals surface area (Å²) in [6.07, 6.45) is 0.472. The summed E-state index contributed by atoms with van der Waals surface area (Å²) in [5.41, 5.74) is 7.66. The van der Waals surface area contributed by atoms with Crippen LogP contribution in [0.4, 0.5) is 4.39 Å². The van der Waals surface area contributed by atoms with E-state index in [0.29, 0.717) is 30.6 Å². The van der Waals surface area contributed by atoms with Gasteiger partial charge in [0.1, 0.15) is 5.82 Å². The molecule has 0 radical (unpaired) electrons. The number of hydrogen-bond donors (Lipinski definition) is 2. The van der Waals surface area contributed by atoms with Crippen LogP contribution in [-0.2, 0) is 13.0 Å². The molecule has 2 aromatic carbocycles. The van der Waals surface area contributed by atoms with Gasteiger partial charge in [-0.3, -0.25) is 4.79 Å². The SMILES string of the molecule is NCc1ccc(C(=O)NCCc2ccccc2F)cc1. The van der Waals surface area contributed by atoms with Crippen LogP contribution >= 0.6 is 0 Å². The number of amides is 1. The van der Waals surface area contributed by atoms with E-state index in [9.17, 15) is 9.18 Å². The van der Waals surface area contributed by atoms with Gasteiger partial charge in [0.05, 0.1) is 0 Å². The lowest BCUT2D eigenvalue weighted by atomic mass is 10.1. The van der Waals surface area contributed by atoms with E-state index in [1.54, 1.807) is 30.3 Å². The second-order valence-electron chi connectivity index (χ2n) is 4.50. The van der Waals surface area contributed by atoms with Gasteiger partial charge in [-0.15, -0.1) is 0 Å². The minimum atomic E-state index is -0.242. The van der Waals surface area contributed by atoms with Gasteiger partial charge in [0.25, 0.3) is 5.91 Å². The molecule has 4 heteroatoms. The van der Waals surface area contributed by atoms with Gasteiger partial charge in [0, 0.05) is 18.7 Å². The first-order valence-corrected chi connectivity index (χ1v) is 6.51. The van der Waals surface area contributed by atoms with Crippen LogP contribution < -0.4 is 11.1 Å². The molecule has 0 fully saturated rings. The highest BCUT2D eigenvalue weighted by molar-refractivity contribution is 5.94. The summed E-state index contributed by atoms with van der Waals surface area (Å²) in [5, 5.41) is 2.78. The first kappa shape index (κ1) is 14.2. The quantitative estimate of drug-likeness (QED) is 0.877. The normalized spacial score (nSPS) is 10.3. The Labute approximate surface area is 117 Å². The summed E-state index contributed by atoms with van der Waals surface area (Å²) >= 11 is 0. The summed E-state index contributed by atoms with van der Waals surface area (Å²) in [6.45, 7) is 0.855. The molecule has 3 N–H and O–H groups in total. The molecular weight excluding hydrogens is 255 g/mol. The Balaban J connectivity index is 1.87. The molecule has 0 aliphatic carbocycles. The van der Waals surface area contributed by atoms with Gasteiger partial charge < -0.3 is 11.1 Å². The second-order valence-corrected chi connectivity index (χ2v) is 4.50. The summed E-state index contributed by atoms with van der Waals surface area (Å²) < 4.78 is 13.4. The number of benzene rings is 2. The molecule has 2 aromatic rings. The Morgan fingerprint density at radius 2 is 1.80 bits per heavy atom. The first-order valence-electron chi connectivity index (χ1n) is 6.51. The summed E-state index contributed by atoms with van der Waals surface area (Å²) in [7, 11) is 0. The number of halogens is 1. The number of nitrogens with one attached hydrogen (secondary N) is 1. The lowest BCUT2D eigenvalue weighted by Gasteiger charge is -2.06. The third-order valence-corrected chi connectivity index (χ3v) is 3.09. The van der Waals surface area contributed by atoms with Gasteiger partial charge in [-0.2, -0.15) is 0 Å². The van der Waals surface area contributed by atoms with Crippen molar-refractivity contribution in [2.75, 3.05) is 6.54 Å². The van der Waals surface area contributed by atoms with Crippen molar-refractivity contribution in [1.82, 2.24) is 5.32 Å². The topological polar surface area (TPSA) is 55.1 Å². The fraction of sp³-hybridized carbons (Fsp3) is 0.188. The smallest absolute Gasteiger partial charge is 0.251 e. The molecule has 0 heterocycles. The van der Waals surface area contributed by atoms with Crippen molar-refractivity contribution in [1.29, 1.82) is 0 Å². The van der Waals surface area contributed by atoms with Crippen molar-refractivity contribution in [3.8, 4) is 0 Å². The predicted octanol–water partition coefficient (Wildman–Crippen LogP) is 2.26. The molecule has 2 rings (SSSR count). The Morgan fingerprint density at radius 1 is 1.10 bits per heavy atom. The zero-order valence-corrected chi connectivity index (χ0v) is 11.1. The van der Waals surface area contributed by atoms with Gasteiger partial charge in [-0.25, -0.2) is 4.39 Å². The van der Waals surface area contributed by atoms with Crippen LogP contribution in [0.5, 0.6) is 0 Å². The Morgan fingerprint density at radius 3 is 2.45 bits per heavy atom. The minimum absolute atomic E-state index is 0.162. The lowest BCUT2D eigenvalue weighted by Crippen LogP contribution is -2.25. The monoisotopic (exact) mass is 272 g/mol. The number of rotatable bonds is 5. The molecule has 3 nitrogen and oxygen atoms in total. The number of carbonyl (C=O) groups is 1. The van der Waals surface area contributed by atoms with E-state index in [4.69, 9.17) is 5.73 Å². The summed E-state index contributed by atoms with van der Waals surface area (Å²) in [4.78, 5) is 11.9. The third kappa shape index (κ3) is 3.65. The molecule has 20 heavy (non-hydrogen) atoms. The van der Waals surface area contributed by atoms with E-state index in [1.807, 2.05) is 12.1 Å². The molecule has 0 atom stereocenters. The van der Waals surface area contributed by atoms with Gasteiger partial charge in [-0.1, -0.05) is 30.3 Å². The van der Waals surface area contributed by atoms with Crippen LogP contribution in [0.15, 0.2) is 48.5 Å². The molecule has 0 spiro atoms. The number of hydrogen-bond acceptors (Lipinski definition) is 2. The van der Waals surface area contributed by atoms with E-state index in [-0.39, 0.29) is 11.7 Å². The fourth-order valence-electron chi connectivity index (χ4n) is 1.91. The fourth-order valence-corrected chi connectivity index (χ4v) is 1.91. The van der Waals surface area contributed by atoms with Crippen molar-refractivity contribution in [3.63, 3.8) is 0 Å².